The van der Waals surface area contributed by atoms with Crippen LogP contribution in [0.2, 0.25) is 0 Å². The van der Waals surface area contributed by atoms with Gasteiger partial charge >= 0.3 is 11.2 Å². The molecule has 0 aliphatic carbocycles. The molecule has 1 fully saturated rings. The van der Waals surface area contributed by atoms with Gasteiger partial charge in [-0.1, -0.05) is 13.8 Å². The Bertz CT molecular complexity index is 821. The molecule has 2 rings (SSSR count). The monoisotopic (exact) mass is 455 g/mol. The second-order valence-corrected chi connectivity index (χ2v) is 7.46. The van der Waals surface area contributed by atoms with Crippen LogP contribution in [0.15, 0.2) is 12.1 Å². The van der Waals surface area contributed by atoms with E-state index in [4.69, 9.17) is 27.2 Å². The molecule has 1 aromatic carbocycles. The summed E-state index contributed by atoms with van der Waals surface area (Å²) in [5, 5.41) is 9.22. The van der Waals surface area contributed by atoms with Gasteiger partial charge in [-0.15, -0.1) is 0 Å². The SMILES string of the molecule is CCCOc1cc(N2CCOCC2)c(OCCC)cc1[N+]#N.O=S(=O)([O-])C(F)(F)F. The number of nitrogens with zero attached hydrogens (tertiary/aromatic N) is 3. The van der Waals surface area contributed by atoms with Crippen LogP contribution in [0, 0.1) is 5.39 Å². The van der Waals surface area contributed by atoms with Crippen LogP contribution in [0.3, 0.4) is 0 Å². The molecular weight excluding hydrogens is 431 g/mol. The smallest absolute Gasteiger partial charge is 0.485 e. The van der Waals surface area contributed by atoms with Gasteiger partial charge < -0.3 is 23.7 Å². The molecule has 1 aliphatic rings. The topological polar surface area (TPSA) is 116 Å². The fourth-order valence-electron chi connectivity index (χ4n) is 2.32. The number of ether oxygens (including phenoxy) is 3. The molecule has 1 aromatic rings. The van der Waals surface area contributed by atoms with Gasteiger partial charge in [-0.05, 0) is 12.8 Å². The van der Waals surface area contributed by atoms with E-state index in [1.165, 1.54) is 0 Å². The van der Waals surface area contributed by atoms with Crippen molar-refractivity contribution in [3.05, 3.63) is 17.1 Å². The van der Waals surface area contributed by atoms with E-state index in [9.17, 15) is 18.6 Å². The summed E-state index contributed by atoms with van der Waals surface area (Å²) in [6, 6.07) is 3.65. The Kier molecular flexibility index (Phi) is 10.1. The van der Waals surface area contributed by atoms with Gasteiger partial charge in [0.15, 0.2) is 20.8 Å². The van der Waals surface area contributed by atoms with Crippen LogP contribution >= 0.6 is 0 Å². The first-order valence-electron chi connectivity index (χ1n) is 9.18. The van der Waals surface area contributed by atoms with Crippen molar-refractivity contribution < 1.29 is 40.4 Å². The molecule has 9 nitrogen and oxygen atoms in total. The fraction of sp³-hybridized carbons (Fsp3) is 0.647. The van der Waals surface area contributed by atoms with Crippen LogP contribution in [-0.2, 0) is 14.9 Å². The molecule has 0 unspecified atom stereocenters. The van der Waals surface area contributed by atoms with Crippen molar-refractivity contribution in [2.75, 3.05) is 44.4 Å². The number of morpholine rings is 1. The van der Waals surface area contributed by atoms with Crippen LogP contribution in [0.4, 0.5) is 24.5 Å². The van der Waals surface area contributed by atoms with Crippen molar-refractivity contribution in [1.29, 1.82) is 5.39 Å². The number of hydrogen-bond acceptors (Lipinski definition) is 8. The van der Waals surface area contributed by atoms with Crippen LogP contribution in [-0.4, -0.2) is 58.0 Å². The number of diazo groups is 1. The van der Waals surface area contributed by atoms with E-state index in [1.54, 1.807) is 6.07 Å². The number of anilines is 1. The van der Waals surface area contributed by atoms with Crippen molar-refractivity contribution >= 4 is 21.5 Å². The normalized spacial score (nSPS) is 14.4. The van der Waals surface area contributed by atoms with E-state index >= 15 is 0 Å². The van der Waals surface area contributed by atoms with Gasteiger partial charge in [-0.25, -0.2) is 8.42 Å². The minimum Gasteiger partial charge on any atom is -0.741 e. The molecule has 30 heavy (non-hydrogen) atoms. The van der Waals surface area contributed by atoms with Gasteiger partial charge in [-0.3, -0.25) is 0 Å². The van der Waals surface area contributed by atoms with Crippen LogP contribution < -0.4 is 14.4 Å². The Morgan fingerprint density at radius 3 is 2.07 bits per heavy atom. The third-order valence-corrected chi connectivity index (χ3v) is 4.27. The first-order valence-corrected chi connectivity index (χ1v) is 10.6. The molecule has 0 spiro atoms. The van der Waals surface area contributed by atoms with Crippen molar-refractivity contribution in [2.45, 2.75) is 32.2 Å². The van der Waals surface area contributed by atoms with Gasteiger partial charge in [0.2, 0.25) is 11.1 Å². The van der Waals surface area contributed by atoms with E-state index in [0.717, 1.165) is 37.4 Å². The van der Waals surface area contributed by atoms with E-state index in [0.29, 0.717) is 37.9 Å². The summed E-state index contributed by atoms with van der Waals surface area (Å²) in [7, 11) is -6.09. The summed E-state index contributed by atoms with van der Waals surface area (Å²) in [6.07, 6.45) is 1.81. The molecule has 0 amide bonds. The van der Waals surface area contributed by atoms with Crippen molar-refractivity contribution in [3.8, 4) is 11.5 Å². The van der Waals surface area contributed by atoms with Crippen molar-refractivity contribution in [2.24, 2.45) is 0 Å². The molecule has 0 N–H and O–H groups in total. The summed E-state index contributed by atoms with van der Waals surface area (Å²) in [5.74, 6) is 1.30. The first kappa shape index (κ1) is 25.7. The highest BCUT2D eigenvalue weighted by atomic mass is 32.2. The molecule has 0 atom stereocenters. The molecule has 0 aromatic heterocycles. The molecule has 0 bridgehead atoms. The molecule has 1 aliphatic heterocycles. The average molecular weight is 455 g/mol. The largest absolute Gasteiger partial charge is 0.741 e. The molecule has 170 valence electrons. The Morgan fingerprint density at radius 2 is 1.63 bits per heavy atom. The Morgan fingerprint density at radius 1 is 1.13 bits per heavy atom. The molecule has 13 heteroatoms. The van der Waals surface area contributed by atoms with Crippen molar-refractivity contribution in [3.63, 3.8) is 0 Å². The number of benzene rings is 1. The molecule has 0 radical (unpaired) electrons. The number of alkyl halides is 3. The predicted molar refractivity (Wildman–Crippen MR) is 102 cm³/mol. The maximum atomic E-state index is 10.7. The highest BCUT2D eigenvalue weighted by Gasteiger charge is 2.36. The summed E-state index contributed by atoms with van der Waals surface area (Å²) < 4.78 is 75.8. The Hall–Kier alpha value is -2.30. The average Bonchev–Trinajstić information content (AvgIpc) is 2.70. The zero-order chi connectivity index (χ0) is 22.8. The van der Waals surface area contributed by atoms with Crippen LogP contribution in [0.1, 0.15) is 26.7 Å². The van der Waals surface area contributed by atoms with Gasteiger partial charge in [0, 0.05) is 19.2 Å². The summed E-state index contributed by atoms with van der Waals surface area (Å²) in [5.41, 5.74) is -4.28. The van der Waals surface area contributed by atoms with E-state index in [-0.39, 0.29) is 0 Å². The minimum absolute atomic E-state index is 0.400. The van der Waals surface area contributed by atoms with Crippen LogP contribution in [0.25, 0.3) is 4.98 Å². The lowest BCUT2D eigenvalue weighted by molar-refractivity contribution is -0.0517. The van der Waals surface area contributed by atoms with Crippen molar-refractivity contribution in [1.82, 2.24) is 0 Å². The zero-order valence-electron chi connectivity index (χ0n) is 16.6. The Balaban J connectivity index is 0.000000479. The summed E-state index contributed by atoms with van der Waals surface area (Å²) >= 11 is 0. The minimum atomic E-state index is -6.09. The number of rotatable bonds is 7. The first-order chi connectivity index (χ1) is 14.0. The molecule has 1 saturated heterocycles. The van der Waals surface area contributed by atoms with Gasteiger partial charge in [0.1, 0.15) is 0 Å². The quantitative estimate of drug-likeness (QED) is 0.348. The number of halogens is 3. The standard InChI is InChI=1S/C16H24N3O3.CHF3O3S/c1-3-7-21-15-12-14(19-5-9-20-10-6-19)16(22-8-4-2)11-13(15)18-17;2-1(3,4)8(5,6)7/h11-12H,3-10H2,1-2H3;(H,5,6,7)/q+1;/p-1. The van der Waals surface area contributed by atoms with E-state index < -0.39 is 15.6 Å². The molecule has 0 saturated carbocycles. The number of hydrogen-bond donors (Lipinski definition) is 0. The lowest BCUT2D eigenvalue weighted by Gasteiger charge is -2.30. The highest BCUT2D eigenvalue weighted by Crippen LogP contribution is 2.40. The zero-order valence-corrected chi connectivity index (χ0v) is 17.5. The van der Waals surface area contributed by atoms with E-state index in [1.807, 2.05) is 13.0 Å². The third kappa shape index (κ3) is 7.85. The lowest BCUT2D eigenvalue weighted by Crippen LogP contribution is -2.36. The second-order valence-electron chi connectivity index (χ2n) is 6.08. The maximum absolute atomic E-state index is 10.7. The summed E-state index contributed by atoms with van der Waals surface area (Å²) in [4.78, 5) is 5.55. The molecular formula is C17H24F3N3O6S. The second kappa shape index (κ2) is 11.8. The van der Waals surface area contributed by atoms with Gasteiger partial charge in [0.05, 0.1) is 38.2 Å². The highest BCUT2D eigenvalue weighted by molar-refractivity contribution is 7.86. The lowest BCUT2D eigenvalue weighted by atomic mass is 10.2. The Labute approximate surface area is 173 Å². The fourth-order valence-corrected chi connectivity index (χ4v) is 2.32. The van der Waals surface area contributed by atoms with E-state index in [2.05, 4.69) is 16.8 Å². The third-order valence-electron chi connectivity index (χ3n) is 3.71. The molecule has 1 heterocycles. The summed E-state index contributed by atoms with van der Waals surface area (Å²) in [6.45, 7) is 8.32. The van der Waals surface area contributed by atoms with Crippen LogP contribution in [0.5, 0.6) is 11.5 Å². The van der Waals surface area contributed by atoms with Gasteiger partial charge in [0.25, 0.3) is 0 Å². The van der Waals surface area contributed by atoms with Gasteiger partial charge in [-0.2, -0.15) is 13.2 Å². The maximum Gasteiger partial charge on any atom is 0.485 e. The predicted octanol–water partition coefficient (Wildman–Crippen LogP) is 3.64.